The van der Waals surface area contributed by atoms with Crippen molar-refractivity contribution in [2.75, 3.05) is 7.11 Å². The number of ether oxygens (including phenoxy) is 2. The van der Waals surface area contributed by atoms with Gasteiger partial charge in [0.2, 0.25) is 0 Å². The predicted molar refractivity (Wildman–Crippen MR) is 140 cm³/mol. The Morgan fingerprint density at radius 1 is 1.11 bits per heavy atom. The third kappa shape index (κ3) is 3.51. The highest BCUT2D eigenvalue weighted by atomic mass is 16.7. The molecule has 0 aromatic rings. The molecule has 10 atom stereocenters. The van der Waals surface area contributed by atoms with Crippen molar-refractivity contribution in [3.63, 3.8) is 0 Å². The lowest BCUT2D eigenvalue weighted by atomic mass is 9.41. The molecule has 0 unspecified atom stereocenters. The standard InChI is InChI=1S/C31H50O5/c1-27(2)23-10-9-21-20(29(23,5)14-13-24(27)32)12-16-30(6)19(11-15-31(21,30)7)18-17-22(36-26(18)35-8)25(33)28(3,4)34/h9,18-20,22-23,25-26,33-34H,10-17H2,1-8H3/t18-,19+,20+,22+,23+,25-,26-,29-,30-,31+/m0/s1. The first-order valence-electron chi connectivity index (χ1n) is 14.4. The molecule has 0 radical (unpaired) electrons. The van der Waals surface area contributed by atoms with E-state index in [9.17, 15) is 15.0 Å². The van der Waals surface area contributed by atoms with Crippen LogP contribution < -0.4 is 0 Å². The van der Waals surface area contributed by atoms with Crippen LogP contribution in [0.25, 0.3) is 0 Å². The fraction of sp³-hybridized carbons (Fsp3) is 0.903. The van der Waals surface area contributed by atoms with Gasteiger partial charge in [0.25, 0.3) is 0 Å². The second kappa shape index (κ2) is 8.37. The van der Waals surface area contributed by atoms with Crippen molar-refractivity contribution in [1.29, 1.82) is 0 Å². The lowest BCUT2D eigenvalue weighted by Gasteiger charge is -2.63. The first-order chi connectivity index (χ1) is 16.6. The SMILES string of the molecule is CO[C@H]1O[C@@H]([C@H](O)C(C)(C)O)C[C@H]1[C@H]1CC[C@]2(C)C3=CC[C@@H]4C(C)(C)C(=O)CC[C@@]4(C)[C@@H]3CC[C@@]12C. The lowest BCUT2D eigenvalue weighted by Crippen LogP contribution is -2.57. The molecule has 0 aromatic heterocycles. The van der Waals surface area contributed by atoms with Gasteiger partial charge in [0.05, 0.1) is 11.7 Å². The van der Waals surface area contributed by atoms with Gasteiger partial charge in [0, 0.05) is 24.9 Å². The summed E-state index contributed by atoms with van der Waals surface area (Å²) in [5, 5.41) is 21.2. The van der Waals surface area contributed by atoms with E-state index in [-0.39, 0.29) is 33.9 Å². The molecule has 2 N–H and O–H groups in total. The predicted octanol–water partition coefficient (Wildman–Crippen LogP) is 5.67. The van der Waals surface area contributed by atoms with E-state index in [1.165, 1.54) is 19.3 Å². The number of carbonyl (C=O) groups is 1. The number of allylic oxidation sites excluding steroid dienone is 2. The van der Waals surface area contributed by atoms with Crippen molar-refractivity contribution >= 4 is 5.78 Å². The van der Waals surface area contributed by atoms with Gasteiger partial charge in [-0.3, -0.25) is 4.79 Å². The summed E-state index contributed by atoms with van der Waals surface area (Å²) in [7, 11) is 1.71. The Morgan fingerprint density at radius 2 is 1.81 bits per heavy atom. The molecular formula is C31H50O5. The van der Waals surface area contributed by atoms with Crippen LogP contribution in [0.4, 0.5) is 0 Å². The van der Waals surface area contributed by atoms with E-state index in [1.54, 1.807) is 26.5 Å². The van der Waals surface area contributed by atoms with E-state index < -0.39 is 17.8 Å². The van der Waals surface area contributed by atoms with Gasteiger partial charge in [0.1, 0.15) is 11.9 Å². The van der Waals surface area contributed by atoms with Crippen molar-refractivity contribution in [1.82, 2.24) is 0 Å². The summed E-state index contributed by atoms with van der Waals surface area (Å²) in [5.74, 6) is 2.09. The number of aliphatic hydroxyl groups is 2. The monoisotopic (exact) mass is 502 g/mol. The van der Waals surface area contributed by atoms with Crippen LogP contribution >= 0.6 is 0 Å². The normalized spacial score (nSPS) is 49.2. The number of rotatable bonds is 4. The smallest absolute Gasteiger partial charge is 0.160 e. The average molecular weight is 503 g/mol. The Morgan fingerprint density at radius 3 is 2.44 bits per heavy atom. The maximum atomic E-state index is 12.9. The summed E-state index contributed by atoms with van der Waals surface area (Å²) >= 11 is 0. The second-order valence-corrected chi connectivity index (χ2v) is 14.9. The fourth-order valence-corrected chi connectivity index (χ4v) is 10.2. The number of aliphatic hydroxyl groups excluding tert-OH is 1. The zero-order valence-corrected chi connectivity index (χ0v) is 23.9. The van der Waals surface area contributed by atoms with Gasteiger partial charge in [-0.2, -0.15) is 0 Å². The topological polar surface area (TPSA) is 76.0 Å². The molecule has 5 aliphatic rings. The summed E-state index contributed by atoms with van der Waals surface area (Å²) in [4.78, 5) is 12.9. The first-order valence-corrected chi connectivity index (χ1v) is 14.4. The second-order valence-electron chi connectivity index (χ2n) is 14.9. The van der Waals surface area contributed by atoms with Crippen molar-refractivity contribution in [2.24, 2.45) is 45.3 Å². The van der Waals surface area contributed by atoms with Crippen LogP contribution in [-0.2, 0) is 14.3 Å². The fourth-order valence-electron chi connectivity index (χ4n) is 10.2. The van der Waals surface area contributed by atoms with E-state index in [0.717, 1.165) is 32.1 Å². The van der Waals surface area contributed by atoms with Gasteiger partial charge < -0.3 is 19.7 Å². The highest BCUT2D eigenvalue weighted by molar-refractivity contribution is 5.85. The van der Waals surface area contributed by atoms with Gasteiger partial charge in [-0.1, -0.05) is 46.3 Å². The Balaban J connectivity index is 1.45. The Kier molecular flexibility index (Phi) is 6.24. The maximum Gasteiger partial charge on any atom is 0.160 e. The number of carbonyl (C=O) groups excluding carboxylic acids is 1. The molecule has 1 heterocycles. The molecular weight excluding hydrogens is 452 g/mol. The molecule has 1 saturated heterocycles. The summed E-state index contributed by atoms with van der Waals surface area (Å²) in [6, 6.07) is 0. The van der Waals surface area contributed by atoms with Crippen molar-refractivity contribution in [3.8, 4) is 0 Å². The third-order valence-corrected chi connectivity index (χ3v) is 12.6. The lowest BCUT2D eigenvalue weighted by molar-refractivity contribution is -0.184. The first kappa shape index (κ1) is 26.8. The third-order valence-electron chi connectivity index (χ3n) is 12.6. The largest absolute Gasteiger partial charge is 0.388 e. The zero-order valence-electron chi connectivity index (χ0n) is 23.9. The van der Waals surface area contributed by atoms with Gasteiger partial charge >= 0.3 is 0 Å². The number of hydrogen-bond donors (Lipinski definition) is 2. The maximum absolute atomic E-state index is 12.9. The van der Waals surface area contributed by atoms with Gasteiger partial charge in [-0.15, -0.1) is 0 Å². The number of fused-ring (bicyclic) bond motifs is 5. The highest BCUT2D eigenvalue weighted by Crippen LogP contribution is 2.73. The molecule has 36 heavy (non-hydrogen) atoms. The molecule has 5 rings (SSSR count). The van der Waals surface area contributed by atoms with Crippen LogP contribution in [0.15, 0.2) is 11.6 Å². The Bertz CT molecular complexity index is 932. The summed E-state index contributed by atoms with van der Waals surface area (Å²) in [6.07, 6.45) is 9.03. The zero-order chi connectivity index (χ0) is 26.5. The number of hydrogen-bond acceptors (Lipinski definition) is 5. The quantitative estimate of drug-likeness (QED) is 0.485. The minimum absolute atomic E-state index is 0.130. The van der Waals surface area contributed by atoms with Crippen molar-refractivity contribution in [2.45, 2.75) is 124 Å². The van der Waals surface area contributed by atoms with Gasteiger partial charge in [-0.05, 0) is 92.8 Å². The molecule has 4 fully saturated rings. The average Bonchev–Trinajstić information content (AvgIpc) is 3.33. The summed E-state index contributed by atoms with van der Waals surface area (Å²) in [6.45, 7) is 15.2. The van der Waals surface area contributed by atoms with E-state index in [2.05, 4.69) is 40.7 Å². The van der Waals surface area contributed by atoms with E-state index in [0.29, 0.717) is 23.5 Å². The molecule has 5 nitrogen and oxygen atoms in total. The van der Waals surface area contributed by atoms with E-state index >= 15 is 0 Å². The molecule has 0 amide bonds. The number of methoxy groups -OCH3 is 1. The van der Waals surface area contributed by atoms with Crippen LogP contribution in [0.3, 0.4) is 0 Å². The summed E-state index contributed by atoms with van der Waals surface area (Å²) in [5.41, 5.74) is 0.681. The van der Waals surface area contributed by atoms with E-state index in [4.69, 9.17) is 9.47 Å². The Labute approximate surface area is 218 Å². The Hall–Kier alpha value is -0.750. The van der Waals surface area contributed by atoms with Crippen LogP contribution in [-0.4, -0.2) is 47.2 Å². The molecule has 0 spiro atoms. The summed E-state index contributed by atoms with van der Waals surface area (Å²) < 4.78 is 12.1. The molecule has 3 saturated carbocycles. The van der Waals surface area contributed by atoms with Crippen LogP contribution in [0.2, 0.25) is 0 Å². The van der Waals surface area contributed by atoms with Crippen LogP contribution in [0.1, 0.15) is 99.8 Å². The van der Waals surface area contributed by atoms with E-state index in [1.807, 2.05) is 0 Å². The van der Waals surface area contributed by atoms with Crippen molar-refractivity contribution in [3.05, 3.63) is 11.6 Å². The molecule has 1 aliphatic heterocycles. The molecule has 0 bridgehead atoms. The number of ketones is 1. The molecule has 5 heteroatoms. The van der Waals surface area contributed by atoms with Crippen molar-refractivity contribution < 1.29 is 24.5 Å². The minimum atomic E-state index is -1.21. The highest BCUT2D eigenvalue weighted by Gasteiger charge is 2.66. The van der Waals surface area contributed by atoms with Gasteiger partial charge in [0.15, 0.2) is 6.29 Å². The van der Waals surface area contributed by atoms with Crippen LogP contribution in [0.5, 0.6) is 0 Å². The molecule has 204 valence electrons. The molecule has 0 aromatic carbocycles. The minimum Gasteiger partial charge on any atom is -0.388 e. The number of Topliss-reactive ketones (excluding diaryl/α,β-unsaturated/α-hetero) is 1. The molecule has 4 aliphatic carbocycles. The van der Waals surface area contributed by atoms with Gasteiger partial charge in [-0.25, -0.2) is 0 Å². The van der Waals surface area contributed by atoms with Crippen LogP contribution in [0, 0.1) is 45.3 Å².